The van der Waals surface area contributed by atoms with Crippen molar-refractivity contribution in [3.05, 3.63) is 0 Å². The molecule has 8 nitrogen and oxygen atoms in total. The Kier molecular flexibility index (Phi) is 12.2. The summed E-state index contributed by atoms with van der Waals surface area (Å²) in [6, 6.07) is 0. The highest BCUT2D eigenvalue weighted by Gasteiger charge is 2.24. The number of rotatable bonds is 13. The van der Waals surface area contributed by atoms with E-state index in [1.54, 1.807) is 27.7 Å². The zero-order valence-electron chi connectivity index (χ0n) is 16.8. The van der Waals surface area contributed by atoms with Crippen LogP contribution in [0.25, 0.3) is 0 Å². The summed E-state index contributed by atoms with van der Waals surface area (Å²) >= 11 is 0. The van der Waals surface area contributed by atoms with Crippen LogP contribution in [0.1, 0.15) is 47.5 Å². The molecule has 2 N–H and O–H groups in total. The van der Waals surface area contributed by atoms with E-state index in [4.69, 9.17) is 18.9 Å². The molecule has 0 saturated heterocycles. The molecule has 0 spiro atoms. The van der Waals surface area contributed by atoms with Gasteiger partial charge in [0.1, 0.15) is 5.60 Å². The third-order valence-corrected chi connectivity index (χ3v) is 3.17. The van der Waals surface area contributed by atoms with Crippen molar-refractivity contribution >= 4 is 12.1 Å². The van der Waals surface area contributed by atoms with Crippen molar-refractivity contribution in [3.63, 3.8) is 0 Å². The molecule has 0 saturated carbocycles. The number of esters is 1. The van der Waals surface area contributed by atoms with Crippen molar-refractivity contribution in [1.82, 2.24) is 5.32 Å². The van der Waals surface area contributed by atoms with Gasteiger partial charge in [0.15, 0.2) is 0 Å². The molecule has 0 fully saturated rings. The van der Waals surface area contributed by atoms with Crippen molar-refractivity contribution < 1.29 is 33.6 Å². The third kappa shape index (κ3) is 13.9. The lowest BCUT2D eigenvalue weighted by Crippen LogP contribution is -2.34. The van der Waals surface area contributed by atoms with Gasteiger partial charge in [-0.3, -0.25) is 4.79 Å². The Hall–Kier alpha value is -1.38. The van der Waals surface area contributed by atoms with Gasteiger partial charge in [-0.15, -0.1) is 0 Å². The SMILES string of the molecule is CCOC(=O)CCOCC(C)(CO)COCCCNC(=O)OC(C)(C)C. The summed E-state index contributed by atoms with van der Waals surface area (Å²) in [6.45, 7) is 11.0. The summed E-state index contributed by atoms with van der Waals surface area (Å²) in [5, 5.41) is 12.2. The van der Waals surface area contributed by atoms with Crippen LogP contribution in [0.2, 0.25) is 0 Å². The number of alkyl carbamates (subject to hydrolysis) is 1. The maximum absolute atomic E-state index is 11.5. The van der Waals surface area contributed by atoms with Gasteiger partial charge in [0.05, 0.1) is 39.5 Å². The van der Waals surface area contributed by atoms with E-state index < -0.39 is 17.1 Å². The van der Waals surface area contributed by atoms with Crippen molar-refractivity contribution in [2.75, 3.05) is 46.2 Å². The first-order valence-electron chi connectivity index (χ1n) is 9.01. The molecule has 0 heterocycles. The molecule has 1 unspecified atom stereocenters. The fourth-order valence-corrected chi connectivity index (χ4v) is 1.84. The van der Waals surface area contributed by atoms with Crippen LogP contribution >= 0.6 is 0 Å². The molecular formula is C18H35NO7. The van der Waals surface area contributed by atoms with Crippen LogP contribution < -0.4 is 5.32 Å². The maximum atomic E-state index is 11.5. The fraction of sp³-hybridized carbons (Fsp3) is 0.889. The van der Waals surface area contributed by atoms with E-state index in [9.17, 15) is 14.7 Å². The van der Waals surface area contributed by atoms with Gasteiger partial charge >= 0.3 is 12.1 Å². The lowest BCUT2D eigenvalue weighted by molar-refractivity contribution is -0.144. The van der Waals surface area contributed by atoms with Crippen molar-refractivity contribution in [2.24, 2.45) is 5.41 Å². The van der Waals surface area contributed by atoms with Gasteiger partial charge in [-0.05, 0) is 34.1 Å². The molecule has 8 heteroatoms. The van der Waals surface area contributed by atoms with E-state index in [0.717, 1.165) is 0 Å². The van der Waals surface area contributed by atoms with Gasteiger partial charge in [0, 0.05) is 18.6 Å². The zero-order chi connectivity index (χ0) is 20.1. The second kappa shape index (κ2) is 12.9. The van der Waals surface area contributed by atoms with Gasteiger partial charge < -0.3 is 29.4 Å². The Bertz CT molecular complexity index is 409. The first-order chi connectivity index (χ1) is 12.1. The van der Waals surface area contributed by atoms with Crippen LogP contribution in [0.3, 0.4) is 0 Å². The number of hydrogen-bond donors (Lipinski definition) is 2. The van der Waals surface area contributed by atoms with E-state index >= 15 is 0 Å². The average molecular weight is 377 g/mol. The summed E-state index contributed by atoms with van der Waals surface area (Å²) in [5.41, 5.74) is -1.07. The maximum Gasteiger partial charge on any atom is 0.407 e. The Morgan fingerprint density at radius 3 is 2.19 bits per heavy atom. The van der Waals surface area contributed by atoms with E-state index in [1.807, 2.05) is 6.92 Å². The molecular weight excluding hydrogens is 342 g/mol. The predicted octanol–water partition coefficient (Wildman–Crippen LogP) is 1.89. The van der Waals surface area contributed by atoms with Crippen LogP contribution in [-0.2, 0) is 23.7 Å². The summed E-state index contributed by atoms with van der Waals surface area (Å²) in [6.07, 6.45) is 0.365. The highest BCUT2D eigenvalue weighted by Crippen LogP contribution is 2.16. The lowest BCUT2D eigenvalue weighted by atomic mass is 9.94. The summed E-state index contributed by atoms with van der Waals surface area (Å²) in [5.74, 6) is -0.299. The van der Waals surface area contributed by atoms with Crippen molar-refractivity contribution in [1.29, 1.82) is 0 Å². The first kappa shape index (κ1) is 24.6. The molecule has 0 bridgehead atoms. The number of aliphatic hydroxyl groups is 1. The second-order valence-electron chi connectivity index (χ2n) is 7.41. The number of nitrogens with one attached hydrogen (secondary N) is 1. The quantitative estimate of drug-likeness (QED) is 0.373. The minimum absolute atomic E-state index is 0.0947. The molecule has 0 radical (unpaired) electrons. The minimum atomic E-state index is -0.548. The smallest absolute Gasteiger partial charge is 0.407 e. The number of amides is 1. The molecule has 1 atom stereocenters. The molecule has 0 aliphatic rings. The van der Waals surface area contributed by atoms with E-state index in [-0.39, 0.29) is 32.2 Å². The zero-order valence-corrected chi connectivity index (χ0v) is 16.8. The Labute approximate surface area is 156 Å². The molecule has 154 valence electrons. The number of aliphatic hydroxyl groups excluding tert-OH is 1. The van der Waals surface area contributed by atoms with Crippen molar-refractivity contribution in [2.45, 2.75) is 53.1 Å². The van der Waals surface area contributed by atoms with E-state index in [1.165, 1.54) is 0 Å². The molecule has 0 aliphatic heterocycles. The fourth-order valence-electron chi connectivity index (χ4n) is 1.84. The van der Waals surface area contributed by atoms with Crippen LogP contribution in [-0.4, -0.2) is 69.0 Å². The monoisotopic (exact) mass is 377 g/mol. The first-order valence-corrected chi connectivity index (χ1v) is 9.01. The van der Waals surface area contributed by atoms with E-state index in [2.05, 4.69) is 5.32 Å². The van der Waals surface area contributed by atoms with Crippen LogP contribution in [0.5, 0.6) is 0 Å². The number of hydrogen-bond acceptors (Lipinski definition) is 7. The lowest BCUT2D eigenvalue weighted by Gasteiger charge is -2.26. The summed E-state index contributed by atoms with van der Waals surface area (Å²) in [7, 11) is 0. The average Bonchev–Trinajstić information content (AvgIpc) is 2.53. The number of carbonyl (C=O) groups is 2. The van der Waals surface area contributed by atoms with Gasteiger partial charge in [0.25, 0.3) is 0 Å². The normalized spacial score (nSPS) is 13.8. The standard InChI is InChI=1S/C18H35NO7/c1-6-25-15(21)8-11-24-14-18(5,12-20)13-23-10-7-9-19-16(22)26-17(2,3)4/h20H,6-14H2,1-5H3,(H,19,22). The molecule has 26 heavy (non-hydrogen) atoms. The Balaban J connectivity index is 3.82. The van der Waals surface area contributed by atoms with Gasteiger partial charge in [-0.1, -0.05) is 6.92 Å². The summed E-state index contributed by atoms with van der Waals surface area (Å²) in [4.78, 5) is 22.7. The highest BCUT2D eigenvalue weighted by atomic mass is 16.6. The van der Waals surface area contributed by atoms with Gasteiger partial charge in [-0.2, -0.15) is 0 Å². The third-order valence-electron chi connectivity index (χ3n) is 3.17. The second-order valence-corrected chi connectivity index (χ2v) is 7.41. The molecule has 0 aromatic carbocycles. The van der Waals surface area contributed by atoms with Gasteiger partial charge in [0.2, 0.25) is 0 Å². The van der Waals surface area contributed by atoms with Gasteiger partial charge in [-0.25, -0.2) is 4.79 Å². The molecule has 0 aromatic heterocycles. The molecule has 0 rings (SSSR count). The number of carbonyl (C=O) groups excluding carboxylic acids is 2. The van der Waals surface area contributed by atoms with E-state index in [0.29, 0.717) is 32.8 Å². The molecule has 0 aliphatic carbocycles. The topological polar surface area (TPSA) is 103 Å². The van der Waals surface area contributed by atoms with Crippen LogP contribution in [0.4, 0.5) is 4.79 Å². The van der Waals surface area contributed by atoms with Crippen LogP contribution in [0.15, 0.2) is 0 Å². The largest absolute Gasteiger partial charge is 0.466 e. The molecule has 0 aromatic rings. The minimum Gasteiger partial charge on any atom is -0.466 e. The Morgan fingerprint density at radius 1 is 1.04 bits per heavy atom. The highest BCUT2D eigenvalue weighted by molar-refractivity contribution is 5.69. The molecule has 1 amide bonds. The predicted molar refractivity (Wildman–Crippen MR) is 96.9 cm³/mol. The Morgan fingerprint density at radius 2 is 1.65 bits per heavy atom. The van der Waals surface area contributed by atoms with Crippen LogP contribution in [0, 0.1) is 5.41 Å². The summed E-state index contributed by atoms with van der Waals surface area (Å²) < 4.78 is 21.0. The van der Waals surface area contributed by atoms with Crippen molar-refractivity contribution in [3.8, 4) is 0 Å². The number of ether oxygens (including phenoxy) is 4.